The largest absolute Gasteiger partial charge is 0.295 e. The molecule has 23 heavy (non-hydrogen) atoms. The quantitative estimate of drug-likeness (QED) is 0.784. The Hall–Kier alpha value is -2.23. The van der Waals surface area contributed by atoms with Gasteiger partial charge in [-0.3, -0.25) is 9.52 Å². The number of hydrogen-bond acceptors (Lipinski definition) is 5. The summed E-state index contributed by atoms with van der Waals surface area (Å²) in [6.45, 7) is 1.33. The second-order valence-corrected chi connectivity index (χ2v) is 8.01. The lowest BCUT2D eigenvalue weighted by atomic mass is 10.2. The molecule has 3 N–H and O–H groups in total. The molecule has 2 aromatic carbocycles. The Morgan fingerprint density at radius 1 is 0.957 bits per heavy atom. The molecule has 9 heteroatoms. The van der Waals surface area contributed by atoms with E-state index < -0.39 is 20.0 Å². The summed E-state index contributed by atoms with van der Waals surface area (Å²) in [6.07, 6.45) is 0. The zero-order valence-electron chi connectivity index (χ0n) is 12.1. The van der Waals surface area contributed by atoms with E-state index in [1.807, 2.05) is 0 Å². The number of ketones is 1. The van der Waals surface area contributed by atoms with Gasteiger partial charge in [-0.25, -0.2) is 22.0 Å². The maximum absolute atomic E-state index is 12.3. The molecular formula is C14H14N2O5S2. The van der Waals surface area contributed by atoms with Gasteiger partial charge in [-0.05, 0) is 37.3 Å². The van der Waals surface area contributed by atoms with Gasteiger partial charge in [0.2, 0.25) is 10.0 Å². The van der Waals surface area contributed by atoms with Crippen molar-refractivity contribution in [1.82, 2.24) is 0 Å². The van der Waals surface area contributed by atoms with Gasteiger partial charge in [-0.1, -0.05) is 18.2 Å². The first kappa shape index (κ1) is 17.1. The highest BCUT2D eigenvalue weighted by atomic mass is 32.2. The molecule has 0 saturated heterocycles. The number of nitrogens with two attached hydrogens (primary N) is 1. The maximum atomic E-state index is 12.3. The molecule has 7 nitrogen and oxygen atoms in total. The number of benzene rings is 2. The van der Waals surface area contributed by atoms with Crippen LogP contribution in [0.1, 0.15) is 17.3 Å². The van der Waals surface area contributed by atoms with Crippen molar-refractivity contribution in [3.63, 3.8) is 0 Å². The molecule has 0 spiro atoms. The van der Waals surface area contributed by atoms with Gasteiger partial charge in [-0.15, -0.1) is 0 Å². The first-order valence-electron chi connectivity index (χ1n) is 6.36. The van der Waals surface area contributed by atoms with Crippen molar-refractivity contribution in [1.29, 1.82) is 0 Å². The fourth-order valence-corrected chi connectivity index (χ4v) is 3.49. The highest BCUT2D eigenvalue weighted by molar-refractivity contribution is 7.92. The number of carbonyl (C=O) groups excluding carboxylic acids is 1. The Kier molecular flexibility index (Phi) is 4.55. The van der Waals surface area contributed by atoms with E-state index in [-0.39, 0.29) is 26.8 Å². The number of rotatable bonds is 5. The van der Waals surface area contributed by atoms with E-state index in [2.05, 4.69) is 4.72 Å². The normalized spacial score (nSPS) is 11.9. The summed E-state index contributed by atoms with van der Waals surface area (Å²) in [5.41, 5.74) is 0.302. The van der Waals surface area contributed by atoms with Gasteiger partial charge < -0.3 is 0 Å². The fraction of sp³-hybridized carbons (Fsp3) is 0.0714. The van der Waals surface area contributed by atoms with Gasteiger partial charge in [0.05, 0.1) is 15.5 Å². The van der Waals surface area contributed by atoms with Crippen molar-refractivity contribution >= 4 is 31.5 Å². The number of anilines is 1. The van der Waals surface area contributed by atoms with Crippen LogP contribution in [0.25, 0.3) is 0 Å². The Labute approximate surface area is 134 Å². The van der Waals surface area contributed by atoms with Crippen molar-refractivity contribution in [3.8, 4) is 0 Å². The van der Waals surface area contributed by atoms with Crippen LogP contribution in [0.4, 0.5) is 5.69 Å². The summed E-state index contributed by atoms with van der Waals surface area (Å²) in [7, 11) is -7.91. The molecule has 0 heterocycles. The van der Waals surface area contributed by atoms with Gasteiger partial charge in [0.25, 0.3) is 10.0 Å². The molecule has 0 aromatic heterocycles. The van der Waals surface area contributed by atoms with Gasteiger partial charge in [-0.2, -0.15) is 0 Å². The summed E-state index contributed by atoms with van der Waals surface area (Å²) in [4.78, 5) is 11.0. The number of sulfonamides is 2. The second-order valence-electron chi connectivity index (χ2n) is 4.76. The van der Waals surface area contributed by atoms with Crippen LogP contribution in [0.2, 0.25) is 0 Å². The summed E-state index contributed by atoms with van der Waals surface area (Å²) >= 11 is 0. The van der Waals surface area contributed by atoms with Crippen LogP contribution in [-0.4, -0.2) is 22.6 Å². The number of hydrogen-bond donors (Lipinski definition) is 2. The molecule has 0 unspecified atom stereocenters. The van der Waals surface area contributed by atoms with E-state index in [9.17, 15) is 21.6 Å². The Morgan fingerprint density at radius 2 is 1.57 bits per heavy atom. The molecule has 0 amide bonds. The number of carbonyl (C=O) groups is 1. The Morgan fingerprint density at radius 3 is 2.17 bits per heavy atom. The predicted molar refractivity (Wildman–Crippen MR) is 85.1 cm³/mol. The first-order valence-corrected chi connectivity index (χ1v) is 9.39. The van der Waals surface area contributed by atoms with Gasteiger partial charge in [0, 0.05) is 5.56 Å². The summed E-state index contributed by atoms with van der Waals surface area (Å²) in [6, 6.07) is 10.7. The van der Waals surface area contributed by atoms with Crippen molar-refractivity contribution in [3.05, 3.63) is 54.1 Å². The SMILES string of the molecule is CC(=O)c1cccc(S(=O)(=O)Nc2cccc(S(N)(=O)=O)c2)c1. The molecule has 0 fully saturated rings. The molecule has 0 aliphatic carbocycles. The summed E-state index contributed by atoms with van der Waals surface area (Å²) < 4.78 is 49.5. The Bertz CT molecular complexity index is 966. The lowest BCUT2D eigenvalue weighted by Gasteiger charge is -2.09. The number of primary sulfonamides is 1. The van der Waals surface area contributed by atoms with Gasteiger partial charge >= 0.3 is 0 Å². The molecule has 0 aliphatic heterocycles. The lowest BCUT2D eigenvalue weighted by Crippen LogP contribution is -2.15. The van der Waals surface area contributed by atoms with Crippen molar-refractivity contribution in [2.45, 2.75) is 16.7 Å². The minimum Gasteiger partial charge on any atom is -0.295 e. The molecule has 0 saturated carbocycles. The fourth-order valence-electron chi connectivity index (χ4n) is 1.83. The van der Waals surface area contributed by atoms with Crippen LogP contribution in [-0.2, 0) is 20.0 Å². The van der Waals surface area contributed by atoms with Crippen LogP contribution in [0.5, 0.6) is 0 Å². The highest BCUT2D eigenvalue weighted by Gasteiger charge is 2.17. The first-order chi connectivity index (χ1) is 10.6. The van der Waals surface area contributed by atoms with Crippen molar-refractivity contribution in [2.75, 3.05) is 4.72 Å². The van der Waals surface area contributed by atoms with E-state index in [1.165, 1.54) is 49.4 Å². The third kappa shape index (κ3) is 4.15. The van der Waals surface area contributed by atoms with Crippen molar-refractivity contribution < 1.29 is 21.6 Å². The third-order valence-electron chi connectivity index (χ3n) is 2.97. The maximum Gasteiger partial charge on any atom is 0.261 e. The van der Waals surface area contributed by atoms with E-state index in [0.29, 0.717) is 0 Å². The number of nitrogens with one attached hydrogen (secondary N) is 1. The standard InChI is InChI=1S/C14H14N2O5S2/c1-10(17)11-4-2-7-14(8-11)23(20,21)16-12-5-3-6-13(9-12)22(15,18)19/h2-9,16H,1H3,(H2,15,18,19). The molecule has 0 aliphatic rings. The van der Waals surface area contributed by atoms with Crippen molar-refractivity contribution in [2.24, 2.45) is 5.14 Å². The van der Waals surface area contributed by atoms with Crippen LogP contribution < -0.4 is 9.86 Å². The smallest absolute Gasteiger partial charge is 0.261 e. The topological polar surface area (TPSA) is 123 Å². The van der Waals surface area contributed by atoms with Gasteiger partial charge in [0.15, 0.2) is 5.78 Å². The molecule has 2 aromatic rings. The monoisotopic (exact) mass is 354 g/mol. The van der Waals surface area contributed by atoms with Crippen LogP contribution >= 0.6 is 0 Å². The molecule has 0 radical (unpaired) electrons. The molecule has 122 valence electrons. The van der Waals surface area contributed by atoms with Crippen LogP contribution in [0.3, 0.4) is 0 Å². The predicted octanol–water partition coefficient (Wildman–Crippen LogP) is 1.34. The van der Waals surface area contributed by atoms with Crippen LogP contribution in [0.15, 0.2) is 58.3 Å². The summed E-state index contributed by atoms with van der Waals surface area (Å²) in [5.74, 6) is -0.265. The average molecular weight is 354 g/mol. The lowest BCUT2D eigenvalue weighted by molar-refractivity contribution is 0.101. The Balaban J connectivity index is 2.39. The van der Waals surface area contributed by atoms with E-state index in [0.717, 1.165) is 6.07 Å². The minimum absolute atomic E-state index is 0.0461. The van der Waals surface area contributed by atoms with E-state index in [4.69, 9.17) is 5.14 Å². The van der Waals surface area contributed by atoms with Gasteiger partial charge in [0.1, 0.15) is 0 Å². The van der Waals surface area contributed by atoms with E-state index in [1.54, 1.807) is 0 Å². The van der Waals surface area contributed by atoms with E-state index >= 15 is 0 Å². The molecular weight excluding hydrogens is 340 g/mol. The van der Waals surface area contributed by atoms with Crippen LogP contribution in [0, 0.1) is 0 Å². The second kappa shape index (κ2) is 6.11. The summed E-state index contributed by atoms with van der Waals surface area (Å²) in [5, 5.41) is 5.01. The zero-order valence-corrected chi connectivity index (χ0v) is 13.7. The average Bonchev–Trinajstić information content (AvgIpc) is 2.46. The molecule has 2 rings (SSSR count). The zero-order chi connectivity index (χ0) is 17.3. The highest BCUT2D eigenvalue weighted by Crippen LogP contribution is 2.19. The number of Topliss-reactive ketones (excluding diaryl/α,β-unsaturated/α-hetero) is 1. The third-order valence-corrected chi connectivity index (χ3v) is 5.26. The minimum atomic E-state index is -3.97. The molecule has 0 atom stereocenters. The molecule has 0 bridgehead atoms.